The molecular weight excluding hydrogens is 230 g/mol. The first-order valence-electron chi connectivity index (χ1n) is 4.56. The van der Waals surface area contributed by atoms with Gasteiger partial charge in [0.15, 0.2) is 6.10 Å². The van der Waals surface area contributed by atoms with Crippen LogP contribution in [0.2, 0.25) is 0 Å². The number of aromatic hydroxyl groups is 1. The first-order chi connectivity index (χ1) is 7.84. The second kappa shape index (κ2) is 4.81. The van der Waals surface area contributed by atoms with Gasteiger partial charge in [0.25, 0.3) is 0 Å². The number of carboxylic acid groups (broad SMARTS) is 1. The van der Waals surface area contributed by atoms with Crippen LogP contribution in [0.1, 0.15) is 22.0 Å². The molecule has 0 aromatic heterocycles. The molecule has 1 aromatic rings. The lowest BCUT2D eigenvalue weighted by molar-refractivity contribution is -0.132. The first-order valence-corrected chi connectivity index (χ1v) is 4.56. The van der Waals surface area contributed by atoms with Crippen molar-refractivity contribution in [3.05, 3.63) is 29.3 Å². The van der Waals surface area contributed by atoms with Crippen LogP contribution in [0.25, 0.3) is 0 Å². The maximum absolute atomic E-state index is 10.7. The zero-order chi connectivity index (χ0) is 13.2. The quantitative estimate of drug-likeness (QED) is 0.456. The van der Waals surface area contributed by atoms with Gasteiger partial charge in [0.2, 0.25) is 5.91 Å². The Bertz CT molecular complexity index is 458. The Labute approximate surface area is 95.7 Å². The van der Waals surface area contributed by atoms with E-state index in [0.29, 0.717) is 0 Å². The summed E-state index contributed by atoms with van der Waals surface area (Å²) in [6, 6.07) is 3.11. The molecule has 17 heavy (non-hydrogen) atoms. The van der Waals surface area contributed by atoms with Crippen LogP contribution in [0, 0.1) is 0 Å². The molecular formula is C10H11NO6. The van der Waals surface area contributed by atoms with E-state index in [1.165, 1.54) is 0 Å². The van der Waals surface area contributed by atoms with Crippen LogP contribution >= 0.6 is 0 Å². The zero-order valence-corrected chi connectivity index (χ0v) is 8.57. The van der Waals surface area contributed by atoms with Gasteiger partial charge in [0, 0.05) is 5.56 Å². The van der Waals surface area contributed by atoms with Gasteiger partial charge in [-0.15, -0.1) is 0 Å². The summed E-state index contributed by atoms with van der Waals surface area (Å²) in [5, 5.41) is 36.9. The molecule has 2 unspecified atom stereocenters. The molecule has 1 aromatic carbocycles. The minimum atomic E-state index is -1.93. The number of rotatable bonds is 4. The van der Waals surface area contributed by atoms with Crippen LogP contribution in [-0.2, 0) is 4.79 Å². The monoisotopic (exact) mass is 241 g/mol. The molecule has 0 spiro atoms. The van der Waals surface area contributed by atoms with E-state index in [2.05, 4.69) is 0 Å². The number of amides is 1. The van der Waals surface area contributed by atoms with Crippen LogP contribution in [0.3, 0.4) is 0 Å². The van der Waals surface area contributed by atoms with Gasteiger partial charge in [-0.2, -0.15) is 0 Å². The summed E-state index contributed by atoms with van der Waals surface area (Å²) >= 11 is 0. The Morgan fingerprint density at radius 1 is 1.24 bits per heavy atom. The van der Waals surface area contributed by atoms with E-state index in [0.717, 1.165) is 18.2 Å². The molecule has 0 heterocycles. The maximum atomic E-state index is 10.7. The molecule has 1 rings (SSSR count). The number of phenolic OH excluding ortho intramolecular Hbond substituents is 1. The number of aliphatic hydroxyl groups is 2. The van der Waals surface area contributed by atoms with Crippen LogP contribution in [-0.4, -0.2) is 38.4 Å². The lowest BCUT2D eigenvalue weighted by Crippen LogP contribution is -2.33. The Morgan fingerprint density at radius 3 is 2.29 bits per heavy atom. The van der Waals surface area contributed by atoms with E-state index >= 15 is 0 Å². The molecule has 92 valence electrons. The molecule has 0 fully saturated rings. The van der Waals surface area contributed by atoms with Gasteiger partial charge in [-0.05, 0) is 18.2 Å². The highest BCUT2D eigenvalue weighted by Gasteiger charge is 2.26. The molecule has 0 aliphatic carbocycles. The van der Waals surface area contributed by atoms with Gasteiger partial charge in [-0.25, -0.2) is 4.79 Å². The third-order valence-corrected chi connectivity index (χ3v) is 2.18. The fraction of sp³-hybridized carbons (Fsp3) is 0.200. The van der Waals surface area contributed by atoms with Crippen LogP contribution in [0.4, 0.5) is 0 Å². The minimum absolute atomic E-state index is 0.200. The summed E-state index contributed by atoms with van der Waals surface area (Å²) in [4.78, 5) is 21.3. The predicted molar refractivity (Wildman–Crippen MR) is 55.2 cm³/mol. The van der Waals surface area contributed by atoms with Gasteiger partial charge in [-0.1, -0.05) is 0 Å². The summed E-state index contributed by atoms with van der Waals surface area (Å²) in [5.74, 6) is -2.90. The van der Waals surface area contributed by atoms with Gasteiger partial charge >= 0.3 is 5.97 Å². The minimum Gasteiger partial charge on any atom is -0.508 e. The number of nitrogens with two attached hydrogens (primary N) is 1. The van der Waals surface area contributed by atoms with Gasteiger partial charge in [0.05, 0.1) is 5.56 Å². The second-order valence-electron chi connectivity index (χ2n) is 3.37. The molecule has 0 saturated carbocycles. The summed E-state index contributed by atoms with van der Waals surface area (Å²) < 4.78 is 0. The molecule has 7 heteroatoms. The average Bonchev–Trinajstić information content (AvgIpc) is 2.27. The topological polar surface area (TPSA) is 141 Å². The molecule has 0 radical (unpaired) electrons. The fourth-order valence-electron chi connectivity index (χ4n) is 1.25. The van der Waals surface area contributed by atoms with Gasteiger partial charge in [-0.3, -0.25) is 4.79 Å². The van der Waals surface area contributed by atoms with Crippen molar-refractivity contribution in [3.8, 4) is 5.75 Å². The first kappa shape index (κ1) is 12.9. The maximum Gasteiger partial charge on any atom is 0.335 e. The van der Waals surface area contributed by atoms with Crippen LogP contribution in [0.5, 0.6) is 5.75 Å². The molecule has 6 N–H and O–H groups in total. The Balaban J connectivity index is 3.16. The summed E-state index contributed by atoms with van der Waals surface area (Å²) in [6.07, 6.45) is -3.71. The van der Waals surface area contributed by atoms with E-state index in [4.69, 9.17) is 10.8 Å². The highest BCUT2D eigenvalue weighted by Crippen LogP contribution is 2.27. The number of hydrogen-bond donors (Lipinski definition) is 5. The van der Waals surface area contributed by atoms with Crippen molar-refractivity contribution in [1.29, 1.82) is 0 Å². The third-order valence-electron chi connectivity index (χ3n) is 2.18. The normalized spacial score (nSPS) is 14.0. The number of carbonyl (C=O) groups excluding carboxylic acids is 1. The lowest BCUT2D eigenvalue weighted by atomic mass is 10.0. The highest BCUT2D eigenvalue weighted by molar-refractivity contribution is 5.88. The highest BCUT2D eigenvalue weighted by atomic mass is 16.4. The predicted octanol–water partition coefficient (Wildman–Crippen LogP) is -1.03. The van der Waals surface area contributed by atoms with Crippen molar-refractivity contribution in [2.24, 2.45) is 5.73 Å². The smallest absolute Gasteiger partial charge is 0.335 e. The molecule has 0 aliphatic heterocycles. The van der Waals surface area contributed by atoms with E-state index in [9.17, 15) is 24.9 Å². The lowest BCUT2D eigenvalue weighted by Gasteiger charge is -2.16. The standard InChI is InChI=1S/C10H11NO6/c11-9(15)8(14)7(13)5-3-4(10(16)17)1-2-6(5)12/h1-3,7-8,12-14H,(H2,11,15)(H,16,17). The van der Waals surface area contributed by atoms with Crippen molar-refractivity contribution < 1.29 is 30.0 Å². The van der Waals surface area contributed by atoms with Crippen molar-refractivity contribution in [2.75, 3.05) is 0 Å². The number of aromatic carboxylic acids is 1. The average molecular weight is 241 g/mol. The van der Waals surface area contributed by atoms with E-state index in [-0.39, 0.29) is 11.1 Å². The molecule has 0 bridgehead atoms. The summed E-state index contributed by atoms with van der Waals surface area (Å²) in [6.45, 7) is 0. The summed E-state index contributed by atoms with van der Waals surface area (Å²) in [5.41, 5.74) is 4.29. The summed E-state index contributed by atoms with van der Waals surface area (Å²) in [7, 11) is 0. The number of benzene rings is 1. The number of hydrogen-bond acceptors (Lipinski definition) is 5. The zero-order valence-electron chi connectivity index (χ0n) is 8.57. The van der Waals surface area contributed by atoms with Crippen molar-refractivity contribution >= 4 is 11.9 Å². The Morgan fingerprint density at radius 2 is 1.82 bits per heavy atom. The molecule has 0 aliphatic rings. The van der Waals surface area contributed by atoms with E-state index in [1.54, 1.807) is 0 Å². The Hall–Kier alpha value is -2.12. The molecule has 2 atom stereocenters. The molecule has 0 saturated heterocycles. The van der Waals surface area contributed by atoms with Gasteiger partial charge < -0.3 is 26.2 Å². The van der Waals surface area contributed by atoms with Crippen molar-refractivity contribution in [1.82, 2.24) is 0 Å². The van der Waals surface area contributed by atoms with Gasteiger partial charge in [0.1, 0.15) is 11.9 Å². The largest absolute Gasteiger partial charge is 0.508 e. The van der Waals surface area contributed by atoms with E-state index < -0.39 is 29.8 Å². The number of aliphatic hydroxyl groups excluding tert-OH is 2. The third kappa shape index (κ3) is 2.71. The van der Waals surface area contributed by atoms with Crippen LogP contribution in [0.15, 0.2) is 18.2 Å². The number of primary amides is 1. The van der Waals surface area contributed by atoms with Crippen molar-refractivity contribution in [3.63, 3.8) is 0 Å². The SMILES string of the molecule is NC(=O)C(O)C(O)c1cc(C(=O)O)ccc1O. The molecule has 7 nitrogen and oxygen atoms in total. The second-order valence-corrected chi connectivity index (χ2v) is 3.37. The van der Waals surface area contributed by atoms with Crippen molar-refractivity contribution in [2.45, 2.75) is 12.2 Å². The van der Waals surface area contributed by atoms with Crippen LogP contribution < -0.4 is 5.73 Å². The van der Waals surface area contributed by atoms with E-state index in [1.807, 2.05) is 0 Å². The fourth-order valence-corrected chi connectivity index (χ4v) is 1.25. The number of carboxylic acids is 1. The molecule has 1 amide bonds. The Kier molecular flexibility index (Phi) is 3.66. The number of phenols is 1. The number of carbonyl (C=O) groups is 2.